The molecule has 166 valence electrons. The highest BCUT2D eigenvalue weighted by Gasteiger charge is 2.19. The molecule has 2 N–H and O–H groups in total. The third-order valence-corrected chi connectivity index (χ3v) is 5.16. The van der Waals surface area contributed by atoms with Gasteiger partial charge in [-0.05, 0) is 43.4 Å². The third-order valence-electron chi connectivity index (χ3n) is 5.16. The van der Waals surface area contributed by atoms with Gasteiger partial charge in [-0.25, -0.2) is 9.37 Å². The minimum atomic E-state index is -0.378. The highest BCUT2D eigenvalue weighted by atomic mass is 19.1. The molecule has 1 aromatic carbocycles. The van der Waals surface area contributed by atoms with E-state index in [1.165, 1.54) is 24.3 Å². The average molecular weight is 436 g/mol. The summed E-state index contributed by atoms with van der Waals surface area (Å²) in [6, 6.07) is 8.89. The summed E-state index contributed by atoms with van der Waals surface area (Å²) >= 11 is 0. The van der Waals surface area contributed by atoms with Crippen molar-refractivity contribution in [3.05, 3.63) is 59.8 Å². The average Bonchev–Trinajstić information content (AvgIpc) is 2.81. The molecule has 1 aliphatic heterocycles. The minimum Gasteiger partial charge on any atom is -0.338 e. The molecule has 32 heavy (non-hydrogen) atoms. The van der Waals surface area contributed by atoms with E-state index in [1.54, 1.807) is 18.3 Å². The van der Waals surface area contributed by atoms with E-state index < -0.39 is 0 Å². The van der Waals surface area contributed by atoms with Gasteiger partial charge in [-0.3, -0.25) is 4.79 Å². The van der Waals surface area contributed by atoms with Crippen LogP contribution in [0.1, 0.15) is 23.1 Å². The van der Waals surface area contributed by atoms with Gasteiger partial charge in [0, 0.05) is 44.5 Å². The Morgan fingerprint density at radius 1 is 1.06 bits per heavy atom. The van der Waals surface area contributed by atoms with Gasteiger partial charge in [-0.2, -0.15) is 15.0 Å². The summed E-state index contributed by atoms with van der Waals surface area (Å²) in [4.78, 5) is 35.2. The lowest BCUT2D eigenvalue weighted by molar-refractivity contribution is 0.102. The van der Waals surface area contributed by atoms with E-state index in [-0.39, 0.29) is 11.7 Å². The highest BCUT2D eigenvalue weighted by Crippen LogP contribution is 2.20. The van der Waals surface area contributed by atoms with Gasteiger partial charge in [-0.1, -0.05) is 6.92 Å². The van der Waals surface area contributed by atoms with Gasteiger partial charge >= 0.3 is 0 Å². The third kappa shape index (κ3) is 5.14. The lowest BCUT2D eigenvalue weighted by Gasteiger charge is -2.32. The fraction of sp³-hybridized carbons (Fsp3) is 0.318. The Bertz CT molecular complexity index is 1080. The molecule has 9 nitrogen and oxygen atoms in total. The van der Waals surface area contributed by atoms with Gasteiger partial charge in [0.1, 0.15) is 17.5 Å². The topological polar surface area (TPSA) is 99.2 Å². The molecule has 0 radical (unpaired) electrons. The first-order valence-corrected chi connectivity index (χ1v) is 10.5. The second-order valence-corrected chi connectivity index (χ2v) is 7.50. The molecule has 4 rings (SSSR count). The van der Waals surface area contributed by atoms with Crippen LogP contribution in [-0.4, -0.2) is 64.0 Å². The van der Waals surface area contributed by atoms with Crippen molar-refractivity contribution < 1.29 is 9.18 Å². The summed E-state index contributed by atoms with van der Waals surface area (Å²) in [6.45, 7) is 5.51. The number of piperazine rings is 1. The molecule has 1 amide bonds. The van der Waals surface area contributed by atoms with Crippen LogP contribution in [0.4, 0.5) is 27.8 Å². The molecular formula is C22H25FN8O. The molecule has 1 fully saturated rings. The van der Waals surface area contributed by atoms with Gasteiger partial charge in [0.15, 0.2) is 0 Å². The Morgan fingerprint density at radius 2 is 1.81 bits per heavy atom. The van der Waals surface area contributed by atoms with Crippen molar-refractivity contribution in [2.75, 3.05) is 48.8 Å². The SMILES string of the molecule is CCc1nc(Nc2ncccc2C(=O)Nc2ccc(F)cc2)nc(N2CCN(C)CC2)n1. The fourth-order valence-corrected chi connectivity index (χ4v) is 3.29. The van der Waals surface area contributed by atoms with E-state index in [0.29, 0.717) is 41.2 Å². The standard InChI is InChI=1S/C22H25FN8O/c1-3-18-26-21(29-22(27-18)31-13-11-30(2)12-14-31)28-19-17(5-4-10-24-19)20(32)25-16-8-6-15(23)7-9-16/h4-10H,3,11-14H2,1-2H3,(H,25,32)(H,24,26,27,28,29). The molecule has 3 aromatic rings. The number of rotatable bonds is 6. The van der Waals surface area contributed by atoms with Crippen LogP contribution in [0.3, 0.4) is 0 Å². The number of nitrogens with zero attached hydrogens (tertiary/aromatic N) is 6. The van der Waals surface area contributed by atoms with Crippen LogP contribution >= 0.6 is 0 Å². The van der Waals surface area contributed by atoms with Gasteiger partial charge in [-0.15, -0.1) is 0 Å². The fourth-order valence-electron chi connectivity index (χ4n) is 3.29. The number of likely N-dealkylation sites (N-methyl/N-ethyl adjacent to an activating group) is 1. The first kappa shape index (κ1) is 21.6. The Balaban J connectivity index is 1.57. The van der Waals surface area contributed by atoms with Crippen molar-refractivity contribution in [2.24, 2.45) is 0 Å². The summed E-state index contributed by atoms with van der Waals surface area (Å²) in [5, 5.41) is 5.83. The molecule has 2 aromatic heterocycles. The first-order valence-electron chi connectivity index (χ1n) is 10.5. The molecular weight excluding hydrogens is 411 g/mol. The van der Waals surface area contributed by atoms with Crippen molar-refractivity contribution in [2.45, 2.75) is 13.3 Å². The van der Waals surface area contributed by atoms with Crippen LogP contribution in [0.15, 0.2) is 42.6 Å². The quantitative estimate of drug-likeness (QED) is 0.609. The number of hydrogen-bond donors (Lipinski definition) is 2. The molecule has 1 aliphatic rings. The highest BCUT2D eigenvalue weighted by molar-refractivity contribution is 6.07. The molecule has 10 heteroatoms. The number of amides is 1. The van der Waals surface area contributed by atoms with Crippen LogP contribution in [0.25, 0.3) is 0 Å². The summed E-state index contributed by atoms with van der Waals surface area (Å²) in [7, 11) is 2.09. The van der Waals surface area contributed by atoms with E-state index in [0.717, 1.165) is 26.2 Å². The number of anilines is 4. The normalized spacial score (nSPS) is 14.3. The number of nitrogens with one attached hydrogen (secondary N) is 2. The van der Waals surface area contributed by atoms with E-state index in [1.807, 2.05) is 6.92 Å². The Hall–Kier alpha value is -3.66. The molecule has 0 atom stereocenters. The van der Waals surface area contributed by atoms with Crippen LogP contribution in [0.5, 0.6) is 0 Å². The second kappa shape index (κ2) is 9.65. The molecule has 0 unspecified atom stereocenters. The van der Waals surface area contributed by atoms with Crippen molar-refractivity contribution in [3.8, 4) is 0 Å². The zero-order valence-corrected chi connectivity index (χ0v) is 18.0. The molecule has 0 aliphatic carbocycles. The molecule has 0 bridgehead atoms. The second-order valence-electron chi connectivity index (χ2n) is 7.50. The Morgan fingerprint density at radius 3 is 2.53 bits per heavy atom. The maximum Gasteiger partial charge on any atom is 0.259 e. The zero-order chi connectivity index (χ0) is 22.5. The number of hydrogen-bond acceptors (Lipinski definition) is 8. The summed E-state index contributed by atoms with van der Waals surface area (Å²) in [5.74, 6) is 1.18. The number of halogens is 1. The summed E-state index contributed by atoms with van der Waals surface area (Å²) < 4.78 is 13.1. The van der Waals surface area contributed by atoms with Gasteiger partial charge in [0.25, 0.3) is 5.91 Å². The number of aromatic nitrogens is 4. The molecule has 0 saturated carbocycles. The number of aryl methyl sites for hydroxylation is 1. The number of carbonyl (C=O) groups is 1. The first-order chi connectivity index (χ1) is 15.5. The maximum absolute atomic E-state index is 13.1. The number of benzene rings is 1. The number of pyridine rings is 1. The van der Waals surface area contributed by atoms with Crippen LogP contribution in [0, 0.1) is 5.82 Å². The van der Waals surface area contributed by atoms with Crippen LogP contribution < -0.4 is 15.5 Å². The Kier molecular flexibility index (Phi) is 6.50. The monoisotopic (exact) mass is 436 g/mol. The van der Waals surface area contributed by atoms with Gasteiger partial charge in [0.05, 0.1) is 5.56 Å². The van der Waals surface area contributed by atoms with Crippen molar-refractivity contribution >= 4 is 29.3 Å². The van der Waals surface area contributed by atoms with Crippen LogP contribution in [0.2, 0.25) is 0 Å². The van der Waals surface area contributed by atoms with E-state index in [4.69, 9.17) is 0 Å². The number of carbonyl (C=O) groups excluding carboxylic acids is 1. The molecule has 0 spiro atoms. The maximum atomic E-state index is 13.1. The lowest BCUT2D eigenvalue weighted by Crippen LogP contribution is -2.45. The minimum absolute atomic E-state index is 0.316. The van der Waals surface area contributed by atoms with Crippen molar-refractivity contribution in [1.29, 1.82) is 0 Å². The summed E-state index contributed by atoms with van der Waals surface area (Å²) in [6.07, 6.45) is 2.23. The van der Waals surface area contributed by atoms with Crippen molar-refractivity contribution in [3.63, 3.8) is 0 Å². The van der Waals surface area contributed by atoms with E-state index in [2.05, 4.69) is 47.4 Å². The predicted molar refractivity (Wildman–Crippen MR) is 121 cm³/mol. The van der Waals surface area contributed by atoms with Gasteiger partial charge < -0.3 is 20.4 Å². The van der Waals surface area contributed by atoms with E-state index in [9.17, 15) is 9.18 Å². The summed E-state index contributed by atoms with van der Waals surface area (Å²) in [5.41, 5.74) is 0.799. The predicted octanol–water partition coefficient (Wildman–Crippen LogP) is 2.72. The largest absolute Gasteiger partial charge is 0.338 e. The molecule has 3 heterocycles. The van der Waals surface area contributed by atoms with Crippen molar-refractivity contribution in [1.82, 2.24) is 24.8 Å². The van der Waals surface area contributed by atoms with Crippen LogP contribution in [-0.2, 0) is 6.42 Å². The van der Waals surface area contributed by atoms with Gasteiger partial charge in [0.2, 0.25) is 11.9 Å². The Labute approximate surface area is 185 Å². The smallest absolute Gasteiger partial charge is 0.259 e. The molecule has 1 saturated heterocycles. The lowest BCUT2D eigenvalue weighted by atomic mass is 10.2. The van der Waals surface area contributed by atoms with E-state index >= 15 is 0 Å². The zero-order valence-electron chi connectivity index (χ0n) is 18.0.